The highest BCUT2D eigenvalue weighted by Crippen LogP contribution is 2.18. The molecule has 0 aliphatic heterocycles. The number of nitrogens with one attached hydrogen (secondary N) is 1. The van der Waals surface area contributed by atoms with Gasteiger partial charge >= 0.3 is 0 Å². The van der Waals surface area contributed by atoms with Crippen LogP contribution in [0.1, 0.15) is 5.56 Å². The summed E-state index contributed by atoms with van der Waals surface area (Å²) >= 11 is 4.61. The van der Waals surface area contributed by atoms with E-state index in [2.05, 4.69) is 12.2 Å². The first-order valence-corrected chi connectivity index (χ1v) is 8.74. The first-order chi connectivity index (χ1) is 9.04. The van der Waals surface area contributed by atoms with Crippen LogP contribution in [0.2, 0.25) is 0 Å². The first kappa shape index (κ1) is 16.9. The van der Waals surface area contributed by atoms with Gasteiger partial charge in [0.05, 0.1) is 16.2 Å². The number of rotatable bonds is 6. The predicted molar refractivity (Wildman–Crippen MR) is 75.5 cm³/mol. The predicted octanol–water partition coefficient (Wildman–Crippen LogP) is -0.973. The zero-order chi connectivity index (χ0) is 15.6. The average Bonchev–Trinajstić information content (AvgIpc) is 2.25. The van der Waals surface area contributed by atoms with Crippen LogP contribution < -0.4 is 15.6 Å². The SMILES string of the molecule is NC(=S)c1c(F)cccc1S(=O)(=O)NCCS(N)(=O)=O. The van der Waals surface area contributed by atoms with Gasteiger partial charge in [0.25, 0.3) is 0 Å². The molecule has 0 fully saturated rings. The maximum Gasteiger partial charge on any atom is 0.241 e. The number of sulfonamides is 2. The molecule has 0 atom stereocenters. The van der Waals surface area contributed by atoms with Crippen molar-refractivity contribution in [3.8, 4) is 0 Å². The second kappa shape index (κ2) is 6.10. The van der Waals surface area contributed by atoms with Crippen LogP contribution in [-0.4, -0.2) is 34.1 Å². The highest BCUT2D eigenvalue weighted by atomic mass is 32.2. The van der Waals surface area contributed by atoms with Gasteiger partial charge in [0, 0.05) is 6.54 Å². The van der Waals surface area contributed by atoms with Crippen LogP contribution in [0.3, 0.4) is 0 Å². The van der Waals surface area contributed by atoms with Crippen molar-refractivity contribution in [1.82, 2.24) is 4.72 Å². The van der Waals surface area contributed by atoms with E-state index < -0.39 is 53.6 Å². The van der Waals surface area contributed by atoms with Crippen molar-refractivity contribution in [3.05, 3.63) is 29.6 Å². The van der Waals surface area contributed by atoms with Gasteiger partial charge in [-0.15, -0.1) is 0 Å². The Morgan fingerprint density at radius 1 is 1.30 bits per heavy atom. The first-order valence-electron chi connectivity index (χ1n) is 5.13. The van der Waals surface area contributed by atoms with E-state index in [-0.39, 0.29) is 0 Å². The zero-order valence-electron chi connectivity index (χ0n) is 10.0. The number of halogens is 1. The lowest BCUT2D eigenvalue weighted by atomic mass is 10.2. The monoisotopic (exact) mass is 341 g/mol. The minimum absolute atomic E-state index is 0.421. The molecule has 0 saturated heterocycles. The van der Waals surface area contributed by atoms with Crippen LogP contribution in [0.15, 0.2) is 23.1 Å². The second-order valence-electron chi connectivity index (χ2n) is 3.74. The average molecular weight is 341 g/mol. The van der Waals surface area contributed by atoms with Gasteiger partial charge in [-0.3, -0.25) is 0 Å². The van der Waals surface area contributed by atoms with Gasteiger partial charge in [-0.25, -0.2) is 31.1 Å². The Balaban J connectivity index is 3.11. The van der Waals surface area contributed by atoms with E-state index in [9.17, 15) is 21.2 Å². The van der Waals surface area contributed by atoms with Crippen LogP contribution in [-0.2, 0) is 20.0 Å². The lowest BCUT2D eigenvalue weighted by Crippen LogP contribution is -2.33. The molecular weight excluding hydrogens is 329 g/mol. The van der Waals surface area contributed by atoms with Gasteiger partial charge in [0.1, 0.15) is 10.8 Å². The summed E-state index contributed by atoms with van der Waals surface area (Å²) in [6.07, 6.45) is 0. The van der Waals surface area contributed by atoms with Gasteiger partial charge in [-0.2, -0.15) is 0 Å². The Morgan fingerprint density at radius 2 is 1.90 bits per heavy atom. The van der Waals surface area contributed by atoms with E-state index in [1.54, 1.807) is 0 Å². The fraction of sp³-hybridized carbons (Fsp3) is 0.222. The smallest absolute Gasteiger partial charge is 0.241 e. The van der Waals surface area contributed by atoms with E-state index in [0.717, 1.165) is 12.1 Å². The Bertz CT molecular complexity index is 731. The molecule has 1 aromatic rings. The third kappa shape index (κ3) is 4.45. The van der Waals surface area contributed by atoms with Crippen LogP contribution in [0.5, 0.6) is 0 Å². The summed E-state index contributed by atoms with van der Waals surface area (Å²) in [5.74, 6) is -1.48. The summed E-state index contributed by atoms with van der Waals surface area (Å²) in [5, 5.41) is 4.74. The molecule has 5 N–H and O–H groups in total. The molecule has 0 bridgehead atoms. The van der Waals surface area contributed by atoms with E-state index >= 15 is 0 Å². The molecule has 0 unspecified atom stereocenters. The third-order valence-corrected chi connectivity index (χ3v) is 4.67. The molecule has 112 valence electrons. The Morgan fingerprint density at radius 3 is 2.40 bits per heavy atom. The summed E-state index contributed by atoms with van der Waals surface area (Å²) in [6.45, 7) is -0.450. The highest BCUT2D eigenvalue weighted by Gasteiger charge is 2.22. The van der Waals surface area contributed by atoms with Crippen molar-refractivity contribution >= 4 is 37.3 Å². The van der Waals surface area contributed by atoms with Crippen molar-refractivity contribution in [2.45, 2.75) is 4.90 Å². The number of primary sulfonamides is 1. The van der Waals surface area contributed by atoms with Gasteiger partial charge in [0.15, 0.2) is 0 Å². The lowest BCUT2D eigenvalue weighted by Gasteiger charge is -2.11. The molecule has 0 spiro atoms. The summed E-state index contributed by atoms with van der Waals surface area (Å²) < 4.78 is 60.9. The van der Waals surface area contributed by atoms with E-state index in [1.807, 2.05) is 4.72 Å². The molecular formula is C9H12FN3O4S3. The molecule has 0 amide bonds. The number of thiocarbonyl (C=S) groups is 1. The molecule has 1 rings (SSSR count). The Kier molecular flexibility index (Phi) is 5.15. The second-order valence-corrected chi connectivity index (χ2v) is 7.65. The number of nitrogens with two attached hydrogens (primary N) is 2. The van der Waals surface area contributed by atoms with E-state index in [0.29, 0.717) is 0 Å². The highest BCUT2D eigenvalue weighted by molar-refractivity contribution is 7.90. The standard InChI is InChI=1S/C9H12FN3O4S3/c10-6-2-1-3-7(8(6)9(11)18)20(16,17)13-4-5-19(12,14)15/h1-3,13H,4-5H2,(H2,11,18)(H2,12,14,15). The van der Waals surface area contributed by atoms with Crippen LogP contribution in [0.25, 0.3) is 0 Å². The fourth-order valence-corrected chi connectivity index (χ4v) is 3.41. The summed E-state index contributed by atoms with van der Waals surface area (Å²) in [4.78, 5) is -0.880. The van der Waals surface area contributed by atoms with Gasteiger partial charge in [-0.05, 0) is 12.1 Å². The fourth-order valence-electron chi connectivity index (χ4n) is 1.36. The number of hydrogen-bond acceptors (Lipinski definition) is 5. The van der Waals surface area contributed by atoms with Crippen molar-refractivity contribution < 1.29 is 21.2 Å². The van der Waals surface area contributed by atoms with Crippen molar-refractivity contribution in [2.75, 3.05) is 12.3 Å². The largest absolute Gasteiger partial charge is 0.389 e. The van der Waals surface area contributed by atoms with Crippen molar-refractivity contribution in [1.29, 1.82) is 0 Å². The van der Waals surface area contributed by atoms with Crippen molar-refractivity contribution in [3.63, 3.8) is 0 Å². The minimum atomic E-state index is -4.16. The quantitative estimate of drug-likeness (QED) is 0.570. The van der Waals surface area contributed by atoms with E-state index in [4.69, 9.17) is 10.9 Å². The van der Waals surface area contributed by atoms with Gasteiger partial charge < -0.3 is 5.73 Å². The molecule has 20 heavy (non-hydrogen) atoms. The molecule has 0 saturated carbocycles. The number of hydrogen-bond donors (Lipinski definition) is 3. The Labute approximate surface area is 121 Å². The molecule has 0 aliphatic carbocycles. The lowest BCUT2D eigenvalue weighted by molar-refractivity contribution is 0.577. The Hall–Kier alpha value is -1.14. The number of benzene rings is 1. The molecule has 1 aromatic carbocycles. The maximum atomic E-state index is 13.6. The molecule has 11 heteroatoms. The van der Waals surface area contributed by atoms with Gasteiger partial charge in [-0.1, -0.05) is 18.3 Å². The molecule has 0 aromatic heterocycles. The molecule has 0 heterocycles. The molecule has 0 radical (unpaired) electrons. The zero-order valence-corrected chi connectivity index (χ0v) is 12.5. The summed E-state index contributed by atoms with van der Waals surface area (Å²) in [7, 11) is -7.97. The third-order valence-electron chi connectivity index (χ3n) is 2.19. The van der Waals surface area contributed by atoms with Crippen LogP contribution in [0, 0.1) is 5.82 Å². The van der Waals surface area contributed by atoms with Crippen LogP contribution in [0.4, 0.5) is 4.39 Å². The summed E-state index contributed by atoms with van der Waals surface area (Å²) in [5.41, 5.74) is 4.87. The normalized spacial score (nSPS) is 12.3. The molecule has 7 nitrogen and oxygen atoms in total. The molecule has 0 aliphatic rings. The van der Waals surface area contributed by atoms with E-state index in [1.165, 1.54) is 6.07 Å². The topological polar surface area (TPSA) is 132 Å². The minimum Gasteiger partial charge on any atom is -0.389 e. The maximum absolute atomic E-state index is 13.6. The summed E-state index contributed by atoms with van der Waals surface area (Å²) in [6, 6.07) is 3.29. The van der Waals surface area contributed by atoms with Crippen molar-refractivity contribution in [2.24, 2.45) is 10.9 Å². The van der Waals surface area contributed by atoms with Gasteiger partial charge in [0.2, 0.25) is 20.0 Å². The van der Waals surface area contributed by atoms with Crippen LogP contribution >= 0.6 is 12.2 Å².